The van der Waals surface area contributed by atoms with Crippen molar-refractivity contribution < 1.29 is 4.39 Å². The summed E-state index contributed by atoms with van der Waals surface area (Å²) in [5, 5.41) is 11.9. The van der Waals surface area contributed by atoms with Gasteiger partial charge in [0.2, 0.25) is 0 Å². The van der Waals surface area contributed by atoms with Crippen LogP contribution < -0.4 is 5.32 Å². The van der Waals surface area contributed by atoms with Crippen molar-refractivity contribution in [2.24, 2.45) is 0 Å². The van der Waals surface area contributed by atoms with Gasteiger partial charge in [-0.25, -0.2) is 14.4 Å². The maximum Gasteiger partial charge on any atom is 0.160 e. The molecule has 1 N–H and O–H groups in total. The van der Waals surface area contributed by atoms with Crippen LogP contribution in [0.1, 0.15) is 18.8 Å². The third-order valence-electron chi connectivity index (χ3n) is 4.52. The van der Waals surface area contributed by atoms with Gasteiger partial charge in [0, 0.05) is 11.1 Å². The van der Waals surface area contributed by atoms with Crippen LogP contribution >= 0.6 is 11.3 Å². The summed E-state index contributed by atoms with van der Waals surface area (Å²) in [6.07, 6.45) is 3.48. The Kier molecular flexibility index (Phi) is 3.98. The second kappa shape index (κ2) is 6.65. The third-order valence-corrected chi connectivity index (χ3v) is 5.70. The van der Waals surface area contributed by atoms with Gasteiger partial charge in [0.1, 0.15) is 18.0 Å². The average Bonchev–Trinajstić information content (AvgIpc) is 3.33. The van der Waals surface area contributed by atoms with E-state index in [2.05, 4.69) is 25.5 Å². The van der Waals surface area contributed by atoms with Crippen molar-refractivity contribution >= 4 is 33.0 Å². The molecule has 5 rings (SSSR count). The standard InChI is InChI=1S/C20H15FN6S/c1-12(20-26-25-17-4-2-3-9-27(17)20)24-19-18-15(22-11-23-19)10-16(28-18)13-5-7-14(21)8-6-13/h2-12H,1H3,(H,22,23,24)/t12-/m1/s1. The molecule has 0 aliphatic carbocycles. The Bertz CT molecular complexity index is 1280. The number of benzene rings is 1. The molecule has 0 bridgehead atoms. The molecule has 4 aromatic heterocycles. The molecule has 0 spiro atoms. The van der Waals surface area contributed by atoms with E-state index in [0.717, 1.165) is 37.9 Å². The van der Waals surface area contributed by atoms with Crippen molar-refractivity contribution in [2.45, 2.75) is 13.0 Å². The molecule has 0 amide bonds. The lowest BCUT2D eigenvalue weighted by molar-refractivity contribution is 0.628. The van der Waals surface area contributed by atoms with E-state index < -0.39 is 0 Å². The van der Waals surface area contributed by atoms with Crippen molar-refractivity contribution in [1.82, 2.24) is 24.6 Å². The van der Waals surface area contributed by atoms with Crippen LogP contribution in [0.5, 0.6) is 0 Å². The summed E-state index contributed by atoms with van der Waals surface area (Å²) in [5.41, 5.74) is 2.60. The van der Waals surface area contributed by atoms with Crippen LogP contribution in [0.15, 0.2) is 61.1 Å². The molecule has 6 nitrogen and oxygen atoms in total. The highest BCUT2D eigenvalue weighted by Gasteiger charge is 2.17. The van der Waals surface area contributed by atoms with Gasteiger partial charge in [-0.15, -0.1) is 21.5 Å². The minimum Gasteiger partial charge on any atom is -0.359 e. The van der Waals surface area contributed by atoms with Crippen LogP contribution in [-0.2, 0) is 0 Å². The van der Waals surface area contributed by atoms with Gasteiger partial charge in [-0.2, -0.15) is 0 Å². The summed E-state index contributed by atoms with van der Waals surface area (Å²) in [6.45, 7) is 2.02. The smallest absolute Gasteiger partial charge is 0.160 e. The van der Waals surface area contributed by atoms with Crippen molar-refractivity contribution in [2.75, 3.05) is 5.32 Å². The number of hydrogen-bond donors (Lipinski definition) is 1. The molecule has 0 saturated carbocycles. The van der Waals surface area contributed by atoms with Crippen LogP contribution in [-0.4, -0.2) is 24.6 Å². The Morgan fingerprint density at radius 1 is 1.07 bits per heavy atom. The number of thiophene rings is 1. The Morgan fingerprint density at radius 2 is 1.93 bits per heavy atom. The fraction of sp³-hybridized carbons (Fsp3) is 0.100. The lowest BCUT2D eigenvalue weighted by atomic mass is 10.2. The number of pyridine rings is 1. The first kappa shape index (κ1) is 16.8. The zero-order chi connectivity index (χ0) is 19.1. The average molecular weight is 390 g/mol. The van der Waals surface area contributed by atoms with Gasteiger partial charge in [-0.1, -0.05) is 18.2 Å². The summed E-state index contributed by atoms with van der Waals surface area (Å²) < 4.78 is 16.1. The largest absolute Gasteiger partial charge is 0.359 e. The number of aromatic nitrogens is 5. The SMILES string of the molecule is C[C@@H](Nc1ncnc2cc(-c3ccc(F)cc3)sc12)c1nnc2ccccn12. The molecule has 0 saturated heterocycles. The summed E-state index contributed by atoms with van der Waals surface area (Å²) in [5.74, 6) is 1.29. The number of anilines is 1. The molecule has 138 valence electrons. The lowest BCUT2D eigenvalue weighted by Gasteiger charge is -2.13. The highest BCUT2D eigenvalue weighted by atomic mass is 32.1. The number of fused-ring (bicyclic) bond motifs is 2. The van der Waals surface area contributed by atoms with Gasteiger partial charge in [0.05, 0.1) is 16.3 Å². The van der Waals surface area contributed by atoms with Crippen LogP contribution in [0.2, 0.25) is 0 Å². The molecule has 0 radical (unpaired) electrons. The van der Waals surface area contributed by atoms with E-state index in [1.165, 1.54) is 12.1 Å². The van der Waals surface area contributed by atoms with Crippen LogP contribution in [0, 0.1) is 5.82 Å². The highest BCUT2D eigenvalue weighted by molar-refractivity contribution is 7.22. The second-order valence-corrected chi connectivity index (χ2v) is 7.46. The highest BCUT2D eigenvalue weighted by Crippen LogP contribution is 2.36. The molecule has 5 aromatic rings. The summed E-state index contributed by atoms with van der Waals surface area (Å²) in [4.78, 5) is 9.82. The van der Waals surface area contributed by atoms with Crippen molar-refractivity contribution in [3.05, 3.63) is 72.7 Å². The molecule has 1 aromatic carbocycles. The van der Waals surface area contributed by atoms with E-state index in [4.69, 9.17) is 0 Å². The van der Waals surface area contributed by atoms with Gasteiger partial charge in [-0.3, -0.25) is 4.40 Å². The Morgan fingerprint density at radius 3 is 2.79 bits per heavy atom. The predicted octanol–water partition coefficient (Wildman–Crippen LogP) is 4.71. The molecule has 28 heavy (non-hydrogen) atoms. The molecule has 0 fully saturated rings. The van der Waals surface area contributed by atoms with Crippen LogP contribution in [0.3, 0.4) is 0 Å². The topological polar surface area (TPSA) is 68.0 Å². The second-order valence-electron chi connectivity index (χ2n) is 6.41. The van der Waals surface area contributed by atoms with Gasteiger partial charge < -0.3 is 5.32 Å². The van der Waals surface area contributed by atoms with E-state index in [1.54, 1.807) is 29.8 Å². The number of hydrogen-bond acceptors (Lipinski definition) is 6. The number of nitrogens with zero attached hydrogens (tertiary/aromatic N) is 5. The number of rotatable bonds is 4. The first-order chi connectivity index (χ1) is 13.7. The number of nitrogens with one attached hydrogen (secondary N) is 1. The monoisotopic (exact) mass is 390 g/mol. The van der Waals surface area contributed by atoms with Crippen LogP contribution in [0.4, 0.5) is 10.2 Å². The van der Waals surface area contributed by atoms with E-state index in [1.807, 2.05) is 41.8 Å². The molecule has 0 unspecified atom stereocenters. The minimum atomic E-state index is -0.249. The maximum absolute atomic E-state index is 13.2. The Hall–Kier alpha value is -3.39. The van der Waals surface area contributed by atoms with E-state index >= 15 is 0 Å². The van der Waals surface area contributed by atoms with Gasteiger partial charge in [0.25, 0.3) is 0 Å². The maximum atomic E-state index is 13.2. The molecule has 0 aliphatic rings. The molecular formula is C20H15FN6S. The summed E-state index contributed by atoms with van der Waals surface area (Å²) in [7, 11) is 0. The minimum absolute atomic E-state index is 0.105. The van der Waals surface area contributed by atoms with Crippen LogP contribution in [0.25, 0.3) is 26.3 Å². The predicted molar refractivity (Wildman–Crippen MR) is 108 cm³/mol. The number of halogens is 1. The zero-order valence-corrected chi connectivity index (χ0v) is 15.7. The van der Waals surface area contributed by atoms with Crippen molar-refractivity contribution in [3.8, 4) is 10.4 Å². The van der Waals surface area contributed by atoms with E-state index in [9.17, 15) is 4.39 Å². The quantitative estimate of drug-likeness (QED) is 0.481. The van der Waals surface area contributed by atoms with Crippen molar-refractivity contribution in [3.63, 3.8) is 0 Å². The Balaban J connectivity index is 1.51. The summed E-state index contributed by atoms with van der Waals surface area (Å²) in [6, 6.07) is 14.2. The molecule has 0 aliphatic heterocycles. The van der Waals surface area contributed by atoms with Gasteiger partial charge >= 0.3 is 0 Å². The normalized spacial score (nSPS) is 12.5. The van der Waals surface area contributed by atoms with Crippen molar-refractivity contribution in [1.29, 1.82) is 0 Å². The first-order valence-corrected chi connectivity index (χ1v) is 9.57. The van der Waals surface area contributed by atoms with E-state index in [0.29, 0.717) is 0 Å². The fourth-order valence-electron chi connectivity index (χ4n) is 3.14. The molecular weight excluding hydrogens is 375 g/mol. The molecule has 8 heteroatoms. The molecule has 1 atom stereocenters. The van der Waals surface area contributed by atoms with Gasteiger partial charge in [-0.05, 0) is 42.8 Å². The third kappa shape index (κ3) is 2.87. The zero-order valence-electron chi connectivity index (χ0n) is 14.9. The molecule has 4 heterocycles. The summed E-state index contributed by atoms with van der Waals surface area (Å²) >= 11 is 1.57. The van der Waals surface area contributed by atoms with E-state index in [-0.39, 0.29) is 11.9 Å². The lowest BCUT2D eigenvalue weighted by Crippen LogP contribution is -2.11. The van der Waals surface area contributed by atoms with Gasteiger partial charge in [0.15, 0.2) is 11.5 Å². The first-order valence-electron chi connectivity index (χ1n) is 8.76. The Labute approximate surface area is 163 Å². The fourth-order valence-corrected chi connectivity index (χ4v) is 4.21.